The largest absolute Gasteiger partial charge is 0.309 e. The lowest BCUT2D eigenvalue weighted by Gasteiger charge is -2.23. The van der Waals surface area contributed by atoms with E-state index in [1.165, 1.54) is 88.7 Å². The Morgan fingerprint density at radius 1 is 0.447 bits per heavy atom. The van der Waals surface area contributed by atoms with Crippen LogP contribution in [0.5, 0.6) is 0 Å². The first-order chi connectivity index (χ1) is 23.1. The van der Waals surface area contributed by atoms with Crippen LogP contribution in [0.4, 0.5) is 0 Å². The summed E-state index contributed by atoms with van der Waals surface area (Å²) in [5, 5.41) is 2.56. The third-order valence-corrected chi connectivity index (χ3v) is 10.9. The number of fused-ring (bicyclic) bond motifs is 9. The van der Waals surface area contributed by atoms with Crippen molar-refractivity contribution in [3.8, 4) is 39.1 Å². The van der Waals surface area contributed by atoms with Gasteiger partial charge in [0, 0.05) is 27.8 Å². The fourth-order valence-electron chi connectivity index (χ4n) is 8.64. The van der Waals surface area contributed by atoms with Gasteiger partial charge in [-0.3, -0.25) is 0 Å². The fraction of sp³-hybridized carbons (Fsp3) is 0.0870. The molecule has 0 spiro atoms. The Bertz CT molecular complexity index is 2530. The highest BCUT2D eigenvalue weighted by molar-refractivity contribution is 6.10. The van der Waals surface area contributed by atoms with Crippen LogP contribution in [-0.4, -0.2) is 4.57 Å². The van der Waals surface area contributed by atoms with Crippen LogP contribution in [0.3, 0.4) is 0 Å². The third kappa shape index (κ3) is 3.71. The molecule has 2 aliphatic rings. The van der Waals surface area contributed by atoms with E-state index in [0.717, 1.165) is 0 Å². The highest BCUT2D eigenvalue weighted by atomic mass is 15.0. The van der Waals surface area contributed by atoms with Gasteiger partial charge >= 0.3 is 0 Å². The van der Waals surface area contributed by atoms with Crippen LogP contribution in [0.1, 0.15) is 47.6 Å². The predicted molar refractivity (Wildman–Crippen MR) is 197 cm³/mol. The molecule has 0 N–H and O–H groups in total. The van der Waals surface area contributed by atoms with Crippen LogP contribution >= 0.6 is 0 Å². The lowest BCUT2D eigenvalue weighted by atomic mass is 9.80. The average Bonchev–Trinajstić information content (AvgIpc) is 3.71. The molecule has 1 heterocycles. The van der Waals surface area contributed by atoms with Gasteiger partial charge < -0.3 is 4.57 Å². The van der Waals surface area contributed by atoms with Crippen molar-refractivity contribution in [2.75, 3.05) is 0 Å². The molecule has 10 rings (SSSR count). The van der Waals surface area contributed by atoms with Crippen LogP contribution in [-0.2, 0) is 5.41 Å². The summed E-state index contributed by atoms with van der Waals surface area (Å²) in [6, 6.07) is 58.7. The van der Waals surface area contributed by atoms with Gasteiger partial charge in [0.15, 0.2) is 0 Å². The maximum atomic E-state index is 2.53. The molecule has 0 aliphatic heterocycles. The van der Waals surface area contributed by atoms with Crippen molar-refractivity contribution >= 4 is 21.8 Å². The average molecular weight is 600 g/mol. The molecule has 0 saturated heterocycles. The van der Waals surface area contributed by atoms with E-state index in [1.54, 1.807) is 0 Å². The molecule has 47 heavy (non-hydrogen) atoms. The molecule has 0 radical (unpaired) electrons. The molecular formula is C46H33N. The van der Waals surface area contributed by atoms with Gasteiger partial charge in [-0.25, -0.2) is 0 Å². The topological polar surface area (TPSA) is 4.93 Å². The van der Waals surface area contributed by atoms with Crippen molar-refractivity contribution in [2.45, 2.75) is 25.2 Å². The Hall–Kier alpha value is -5.66. The second-order valence-electron chi connectivity index (χ2n) is 13.7. The predicted octanol–water partition coefficient (Wildman–Crippen LogP) is 11.9. The van der Waals surface area contributed by atoms with Crippen LogP contribution in [0.15, 0.2) is 158 Å². The lowest BCUT2D eigenvalue weighted by molar-refractivity contribution is 0.659. The zero-order valence-corrected chi connectivity index (χ0v) is 26.5. The van der Waals surface area contributed by atoms with E-state index in [9.17, 15) is 0 Å². The first kappa shape index (κ1) is 26.5. The van der Waals surface area contributed by atoms with E-state index in [4.69, 9.17) is 0 Å². The van der Waals surface area contributed by atoms with Gasteiger partial charge in [-0.1, -0.05) is 129 Å². The van der Waals surface area contributed by atoms with Crippen LogP contribution in [0, 0.1) is 0 Å². The van der Waals surface area contributed by atoms with Gasteiger partial charge in [-0.05, 0) is 104 Å². The van der Waals surface area contributed by atoms with Crippen LogP contribution in [0.2, 0.25) is 0 Å². The monoisotopic (exact) mass is 599 g/mol. The first-order valence-corrected chi connectivity index (χ1v) is 16.6. The summed E-state index contributed by atoms with van der Waals surface area (Å²) in [6.45, 7) is 4.76. The minimum absolute atomic E-state index is 0.0313. The van der Waals surface area contributed by atoms with Crippen LogP contribution in [0.25, 0.3) is 60.9 Å². The van der Waals surface area contributed by atoms with Gasteiger partial charge in [-0.2, -0.15) is 0 Å². The summed E-state index contributed by atoms with van der Waals surface area (Å²) in [6.07, 6.45) is 0. The molecule has 1 aromatic heterocycles. The number of aromatic nitrogens is 1. The number of para-hydroxylation sites is 2. The minimum Gasteiger partial charge on any atom is -0.309 e. The number of hydrogen-bond donors (Lipinski definition) is 0. The van der Waals surface area contributed by atoms with Crippen molar-refractivity contribution in [3.63, 3.8) is 0 Å². The fourth-order valence-corrected chi connectivity index (χ4v) is 8.64. The molecule has 1 heteroatoms. The number of nitrogens with zero attached hydrogens (tertiary/aromatic N) is 1. The molecule has 7 aromatic carbocycles. The van der Waals surface area contributed by atoms with E-state index in [1.807, 2.05) is 0 Å². The molecule has 8 aromatic rings. The number of hydrogen-bond acceptors (Lipinski definition) is 0. The lowest BCUT2D eigenvalue weighted by Crippen LogP contribution is -2.15. The maximum Gasteiger partial charge on any atom is 0.0541 e. The van der Waals surface area contributed by atoms with Crippen molar-refractivity contribution in [1.82, 2.24) is 4.57 Å². The first-order valence-electron chi connectivity index (χ1n) is 16.6. The smallest absolute Gasteiger partial charge is 0.0541 e. The van der Waals surface area contributed by atoms with Crippen molar-refractivity contribution in [3.05, 3.63) is 186 Å². The molecule has 0 bridgehead atoms. The van der Waals surface area contributed by atoms with E-state index in [2.05, 4.69) is 176 Å². The van der Waals surface area contributed by atoms with Gasteiger partial charge in [-0.15, -0.1) is 0 Å². The summed E-state index contributed by atoms with van der Waals surface area (Å²) in [5.74, 6) is 0.214. The number of benzene rings is 7. The van der Waals surface area contributed by atoms with Crippen molar-refractivity contribution in [2.24, 2.45) is 0 Å². The molecule has 1 nitrogen and oxygen atoms in total. The molecule has 2 aliphatic carbocycles. The standard InChI is InChI=1S/C46H33N/c1-46(2)41-19-11-9-17-33(41)38-27-37-36-25-30(21-23-35(36)45(40(37)28-42(38)46)29-13-5-3-6-14-29)31-22-24-44-39(26-31)34-18-10-12-20-43(34)47(44)32-15-7-4-8-16-32/h3-28,45H,1-2H3. The van der Waals surface area contributed by atoms with Gasteiger partial charge in [0.2, 0.25) is 0 Å². The highest BCUT2D eigenvalue weighted by Crippen LogP contribution is 2.56. The van der Waals surface area contributed by atoms with Gasteiger partial charge in [0.25, 0.3) is 0 Å². The Kier molecular flexibility index (Phi) is 5.46. The van der Waals surface area contributed by atoms with Gasteiger partial charge in [0.05, 0.1) is 11.0 Å². The van der Waals surface area contributed by atoms with E-state index in [-0.39, 0.29) is 11.3 Å². The second kappa shape index (κ2) is 9.67. The summed E-state index contributed by atoms with van der Waals surface area (Å²) >= 11 is 0. The summed E-state index contributed by atoms with van der Waals surface area (Å²) in [7, 11) is 0. The minimum atomic E-state index is -0.0313. The summed E-state index contributed by atoms with van der Waals surface area (Å²) in [4.78, 5) is 0. The Balaban J connectivity index is 1.18. The summed E-state index contributed by atoms with van der Waals surface area (Å²) in [5.41, 5.74) is 18.6. The third-order valence-electron chi connectivity index (χ3n) is 10.9. The zero-order chi connectivity index (χ0) is 31.3. The van der Waals surface area contributed by atoms with E-state index < -0.39 is 0 Å². The van der Waals surface area contributed by atoms with E-state index in [0.29, 0.717) is 0 Å². The Morgan fingerprint density at radius 3 is 1.96 bits per heavy atom. The van der Waals surface area contributed by atoms with Crippen LogP contribution < -0.4 is 0 Å². The molecule has 1 unspecified atom stereocenters. The number of rotatable bonds is 3. The van der Waals surface area contributed by atoms with Gasteiger partial charge in [0.1, 0.15) is 0 Å². The molecule has 0 fully saturated rings. The van der Waals surface area contributed by atoms with E-state index >= 15 is 0 Å². The molecule has 0 saturated carbocycles. The summed E-state index contributed by atoms with van der Waals surface area (Å²) < 4.78 is 2.39. The molecule has 0 amide bonds. The van der Waals surface area contributed by atoms with Crippen molar-refractivity contribution in [1.29, 1.82) is 0 Å². The SMILES string of the molecule is CC1(C)c2ccccc2-c2cc3c(cc21)C(c1ccccc1)c1ccc(-c2ccc4c(c2)c2ccccc2n4-c2ccccc2)cc1-3. The normalized spacial score (nSPS) is 15.4. The Morgan fingerprint density at radius 2 is 1.11 bits per heavy atom. The zero-order valence-electron chi connectivity index (χ0n) is 26.5. The Labute approximate surface area is 275 Å². The quantitative estimate of drug-likeness (QED) is 0.190. The molecular weight excluding hydrogens is 567 g/mol. The highest BCUT2D eigenvalue weighted by Gasteiger charge is 2.39. The van der Waals surface area contributed by atoms with Crippen molar-refractivity contribution < 1.29 is 0 Å². The maximum absolute atomic E-state index is 2.53. The second-order valence-corrected chi connectivity index (χ2v) is 13.7. The molecule has 222 valence electrons. The molecule has 1 atom stereocenters.